The molecule has 1 aromatic heterocycles. The van der Waals surface area contributed by atoms with Crippen molar-refractivity contribution in [1.29, 1.82) is 0 Å². The summed E-state index contributed by atoms with van der Waals surface area (Å²) in [6, 6.07) is 0. The molecule has 0 saturated heterocycles. The second kappa shape index (κ2) is 7.20. The van der Waals surface area contributed by atoms with Gasteiger partial charge in [0.25, 0.3) is 0 Å². The van der Waals surface area contributed by atoms with E-state index in [1.807, 2.05) is 6.08 Å². The van der Waals surface area contributed by atoms with E-state index in [4.69, 9.17) is 4.52 Å². The number of allylic oxidation sites excluding steroid dienone is 1. The topological polar surface area (TPSA) is 26.0 Å². The first-order valence-corrected chi connectivity index (χ1v) is 6.93. The van der Waals surface area contributed by atoms with Gasteiger partial charge in [0.1, 0.15) is 0 Å². The molecule has 0 fully saturated rings. The lowest BCUT2D eigenvalue weighted by molar-refractivity contribution is 0.397. The molecule has 100 valence electrons. The summed E-state index contributed by atoms with van der Waals surface area (Å²) in [4.78, 5) is 0. The summed E-state index contributed by atoms with van der Waals surface area (Å²) < 4.78 is 5.46. The zero-order valence-electron chi connectivity index (χ0n) is 12.1. The zero-order chi connectivity index (χ0) is 13.5. The summed E-state index contributed by atoms with van der Waals surface area (Å²) in [5, 5.41) is 4.24. The quantitative estimate of drug-likeness (QED) is 0.642. The minimum absolute atomic E-state index is 0.436. The Morgan fingerprint density at radius 3 is 2.72 bits per heavy atom. The molecule has 0 aliphatic carbocycles. The van der Waals surface area contributed by atoms with Crippen molar-refractivity contribution >= 4 is 12.2 Å². The van der Waals surface area contributed by atoms with Crippen LogP contribution in [0.2, 0.25) is 0 Å². The van der Waals surface area contributed by atoms with Crippen LogP contribution in [0.3, 0.4) is 0 Å². The normalized spacial score (nSPS) is 13.7. The van der Waals surface area contributed by atoms with Crippen LogP contribution < -0.4 is 0 Å². The Hall–Kier alpha value is -1.31. The molecule has 0 spiro atoms. The molecule has 0 aliphatic heterocycles. The van der Waals surface area contributed by atoms with Gasteiger partial charge in [-0.25, -0.2) is 0 Å². The molecule has 0 bridgehead atoms. The Kier molecular flexibility index (Phi) is 5.90. The average Bonchev–Trinajstić information content (AvgIpc) is 2.78. The van der Waals surface area contributed by atoms with E-state index in [0.717, 1.165) is 29.9 Å². The third-order valence-corrected chi connectivity index (χ3v) is 3.38. The fraction of sp³-hybridized carbons (Fsp3) is 0.562. The van der Waals surface area contributed by atoms with Crippen molar-refractivity contribution < 1.29 is 4.52 Å². The second-order valence-electron chi connectivity index (χ2n) is 4.94. The Bertz CT molecular complexity index is 415. The summed E-state index contributed by atoms with van der Waals surface area (Å²) >= 11 is 0. The van der Waals surface area contributed by atoms with E-state index >= 15 is 0 Å². The van der Waals surface area contributed by atoms with Crippen LogP contribution in [0.5, 0.6) is 0 Å². The number of rotatable bonds is 7. The molecule has 0 N–H and O–H groups in total. The van der Waals surface area contributed by atoms with Gasteiger partial charge in [0.05, 0.1) is 5.69 Å². The maximum atomic E-state index is 5.46. The highest BCUT2D eigenvalue weighted by molar-refractivity contribution is 5.63. The van der Waals surface area contributed by atoms with Crippen LogP contribution in [0.4, 0.5) is 0 Å². The highest BCUT2D eigenvalue weighted by atomic mass is 16.5. The van der Waals surface area contributed by atoms with E-state index in [0.29, 0.717) is 5.92 Å². The molecule has 0 saturated carbocycles. The third-order valence-electron chi connectivity index (χ3n) is 3.38. The predicted octanol–water partition coefficient (Wildman–Crippen LogP) is 5.42. The minimum atomic E-state index is 0.436. The number of hydrogen-bond acceptors (Lipinski definition) is 2. The standard InChI is InChI=1S/C16H25NO/c1-6-9-10-13(5)16-14(8-3)15(18-17-16)11-12(4)7-2/h8,11,13H,3,6-7,9-10H2,1-2,4-5H3/b12-11-. The molecule has 0 aromatic carbocycles. The molecule has 1 rings (SSSR count). The molecular weight excluding hydrogens is 222 g/mol. The van der Waals surface area contributed by atoms with Gasteiger partial charge in [-0.2, -0.15) is 0 Å². The van der Waals surface area contributed by atoms with Gasteiger partial charge in [-0.15, -0.1) is 0 Å². The lowest BCUT2D eigenvalue weighted by Gasteiger charge is -2.07. The van der Waals surface area contributed by atoms with Gasteiger partial charge in [-0.3, -0.25) is 0 Å². The molecule has 1 unspecified atom stereocenters. The molecule has 1 aromatic rings. The van der Waals surface area contributed by atoms with Gasteiger partial charge in [-0.1, -0.05) is 57.0 Å². The van der Waals surface area contributed by atoms with Crippen LogP contribution in [0.1, 0.15) is 76.3 Å². The molecule has 18 heavy (non-hydrogen) atoms. The smallest absolute Gasteiger partial charge is 0.167 e. The van der Waals surface area contributed by atoms with Crippen molar-refractivity contribution in [2.45, 2.75) is 59.3 Å². The first kappa shape index (κ1) is 14.7. The van der Waals surface area contributed by atoms with E-state index in [9.17, 15) is 0 Å². The van der Waals surface area contributed by atoms with Crippen LogP contribution in [-0.4, -0.2) is 5.16 Å². The Morgan fingerprint density at radius 1 is 1.44 bits per heavy atom. The Labute approximate surface area is 111 Å². The van der Waals surface area contributed by atoms with Crippen LogP contribution in [0.15, 0.2) is 16.7 Å². The zero-order valence-corrected chi connectivity index (χ0v) is 12.1. The van der Waals surface area contributed by atoms with Crippen LogP contribution >= 0.6 is 0 Å². The van der Waals surface area contributed by atoms with Crippen molar-refractivity contribution in [3.05, 3.63) is 29.2 Å². The molecule has 0 radical (unpaired) electrons. The van der Waals surface area contributed by atoms with Gasteiger partial charge in [-0.05, 0) is 25.8 Å². The molecular formula is C16H25NO. The van der Waals surface area contributed by atoms with Crippen LogP contribution in [0.25, 0.3) is 12.2 Å². The monoisotopic (exact) mass is 247 g/mol. The highest BCUT2D eigenvalue weighted by Gasteiger charge is 2.17. The second-order valence-corrected chi connectivity index (χ2v) is 4.94. The SMILES string of the molecule is C=Cc1c(C(C)CCCC)noc1/C=C(/C)CC. The molecule has 0 amide bonds. The van der Waals surface area contributed by atoms with Crippen molar-refractivity contribution in [3.8, 4) is 0 Å². The first-order chi connectivity index (χ1) is 8.63. The van der Waals surface area contributed by atoms with E-state index in [1.165, 1.54) is 18.4 Å². The van der Waals surface area contributed by atoms with Crippen LogP contribution in [-0.2, 0) is 0 Å². The number of hydrogen-bond donors (Lipinski definition) is 0. The lowest BCUT2D eigenvalue weighted by Crippen LogP contribution is -1.96. The molecule has 1 heterocycles. The van der Waals surface area contributed by atoms with Gasteiger partial charge in [0, 0.05) is 11.5 Å². The molecule has 2 nitrogen and oxygen atoms in total. The van der Waals surface area contributed by atoms with Crippen molar-refractivity contribution in [2.75, 3.05) is 0 Å². The predicted molar refractivity (Wildman–Crippen MR) is 78.5 cm³/mol. The minimum Gasteiger partial charge on any atom is -0.356 e. The van der Waals surface area contributed by atoms with Gasteiger partial charge >= 0.3 is 0 Å². The van der Waals surface area contributed by atoms with Gasteiger partial charge in [0.15, 0.2) is 5.76 Å². The van der Waals surface area contributed by atoms with Gasteiger partial charge < -0.3 is 4.52 Å². The number of unbranched alkanes of at least 4 members (excludes halogenated alkanes) is 1. The van der Waals surface area contributed by atoms with E-state index in [-0.39, 0.29) is 0 Å². The fourth-order valence-electron chi connectivity index (χ4n) is 1.96. The summed E-state index contributed by atoms with van der Waals surface area (Å²) in [5.41, 5.74) is 3.40. The first-order valence-electron chi connectivity index (χ1n) is 6.93. The van der Waals surface area contributed by atoms with E-state index < -0.39 is 0 Å². The summed E-state index contributed by atoms with van der Waals surface area (Å²) in [6.07, 6.45) is 8.55. The van der Waals surface area contributed by atoms with E-state index in [1.54, 1.807) is 0 Å². The third kappa shape index (κ3) is 3.59. The van der Waals surface area contributed by atoms with Crippen LogP contribution in [0, 0.1) is 0 Å². The van der Waals surface area contributed by atoms with Crippen molar-refractivity contribution in [1.82, 2.24) is 5.16 Å². The molecule has 0 aliphatic rings. The maximum Gasteiger partial charge on any atom is 0.167 e. The largest absolute Gasteiger partial charge is 0.356 e. The summed E-state index contributed by atoms with van der Waals surface area (Å²) in [5.74, 6) is 1.29. The van der Waals surface area contributed by atoms with Crippen molar-refractivity contribution in [2.24, 2.45) is 0 Å². The van der Waals surface area contributed by atoms with Gasteiger partial charge in [0.2, 0.25) is 0 Å². The van der Waals surface area contributed by atoms with Crippen molar-refractivity contribution in [3.63, 3.8) is 0 Å². The lowest BCUT2D eigenvalue weighted by atomic mass is 9.96. The fourth-order valence-corrected chi connectivity index (χ4v) is 1.96. The average molecular weight is 247 g/mol. The number of aromatic nitrogens is 1. The molecule has 1 atom stereocenters. The maximum absolute atomic E-state index is 5.46. The highest BCUT2D eigenvalue weighted by Crippen LogP contribution is 2.28. The van der Waals surface area contributed by atoms with E-state index in [2.05, 4.69) is 45.5 Å². The molecule has 2 heteroatoms. The summed E-state index contributed by atoms with van der Waals surface area (Å²) in [7, 11) is 0. The Morgan fingerprint density at radius 2 is 2.17 bits per heavy atom. The number of nitrogens with zero attached hydrogens (tertiary/aromatic N) is 1. The Balaban J connectivity index is 2.98. The summed E-state index contributed by atoms with van der Waals surface area (Å²) in [6.45, 7) is 12.6.